The summed E-state index contributed by atoms with van der Waals surface area (Å²) in [5.41, 5.74) is 0.459. The number of alkyl halides is 3. The van der Waals surface area contributed by atoms with Crippen molar-refractivity contribution in [3.63, 3.8) is 0 Å². The number of hydrogen-bond donors (Lipinski definition) is 0. The van der Waals surface area contributed by atoms with E-state index in [4.69, 9.17) is 4.74 Å². The topological polar surface area (TPSA) is 42.7 Å². The molecule has 154 valence electrons. The second kappa shape index (κ2) is 7.37. The molecule has 3 aromatic heterocycles. The van der Waals surface area contributed by atoms with Gasteiger partial charge in [-0.15, -0.1) is 11.3 Å². The molecule has 0 saturated carbocycles. The van der Waals surface area contributed by atoms with E-state index in [1.807, 2.05) is 11.4 Å². The zero-order chi connectivity index (χ0) is 20.0. The number of ether oxygens (including phenoxy) is 1. The molecular formula is C20H21F3N4OS. The molecule has 0 bridgehead atoms. The third-order valence-electron chi connectivity index (χ3n) is 5.73. The van der Waals surface area contributed by atoms with Crippen LogP contribution >= 0.6 is 11.3 Å². The van der Waals surface area contributed by atoms with Crippen LogP contribution in [-0.4, -0.2) is 45.8 Å². The van der Waals surface area contributed by atoms with E-state index in [1.54, 1.807) is 12.1 Å². The van der Waals surface area contributed by atoms with Gasteiger partial charge in [0, 0.05) is 19.2 Å². The Hall–Kier alpha value is -1.97. The Bertz CT molecular complexity index is 995. The second-order valence-corrected chi connectivity index (χ2v) is 8.67. The summed E-state index contributed by atoms with van der Waals surface area (Å²) < 4.78 is 47.7. The molecular weight excluding hydrogens is 401 g/mol. The lowest BCUT2D eigenvalue weighted by Crippen LogP contribution is -2.29. The molecule has 0 aliphatic carbocycles. The SMILES string of the molecule is FC(F)(F)c1cc(-c2cccs2)nc2cc([C@H]3CCCN3C[C@H]3CCOC3)nn12. The molecule has 0 radical (unpaired) electrons. The van der Waals surface area contributed by atoms with Crippen molar-refractivity contribution < 1.29 is 17.9 Å². The maximum Gasteiger partial charge on any atom is 0.433 e. The largest absolute Gasteiger partial charge is 0.433 e. The van der Waals surface area contributed by atoms with Crippen molar-refractivity contribution in [2.75, 3.05) is 26.3 Å². The third-order valence-corrected chi connectivity index (χ3v) is 6.62. The highest BCUT2D eigenvalue weighted by Crippen LogP contribution is 2.36. The minimum atomic E-state index is -4.51. The molecule has 2 fully saturated rings. The van der Waals surface area contributed by atoms with Gasteiger partial charge in [-0.05, 0) is 49.2 Å². The lowest BCUT2D eigenvalue weighted by atomic mass is 10.1. The number of rotatable bonds is 4. The highest BCUT2D eigenvalue weighted by atomic mass is 32.1. The molecule has 3 aromatic rings. The summed E-state index contributed by atoms with van der Waals surface area (Å²) in [7, 11) is 0. The van der Waals surface area contributed by atoms with E-state index < -0.39 is 11.9 Å². The number of halogens is 3. The van der Waals surface area contributed by atoms with Gasteiger partial charge in [-0.25, -0.2) is 9.50 Å². The van der Waals surface area contributed by atoms with Crippen molar-refractivity contribution >= 4 is 17.0 Å². The first-order valence-corrected chi connectivity index (χ1v) is 10.7. The number of nitrogens with zero attached hydrogens (tertiary/aromatic N) is 4. The Labute approximate surface area is 170 Å². The zero-order valence-electron chi connectivity index (χ0n) is 15.7. The van der Waals surface area contributed by atoms with Crippen LogP contribution < -0.4 is 0 Å². The van der Waals surface area contributed by atoms with Gasteiger partial charge < -0.3 is 4.74 Å². The van der Waals surface area contributed by atoms with Crippen molar-refractivity contribution in [1.29, 1.82) is 0 Å². The van der Waals surface area contributed by atoms with Crippen LogP contribution in [0.1, 0.15) is 36.7 Å². The van der Waals surface area contributed by atoms with Gasteiger partial charge in [0.1, 0.15) is 0 Å². The van der Waals surface area contributed by atoms with E-state index in [2.05, 4.69) is 15.0 Å². The Morgan fingerprint density at radius 2 is 2.14 bits per heavy atom. The van der Waals surface area contributed by atoms with Crippen LogP contribution in [0.3, 0.4) is 0 Å². The predicted octanol–water partition coefficient (Wildman–Crippen LogP) is 4.65. The van der Waals surface area contributed by atoms with Crippen molar-refractivity contribution in [3.8, 4) is 10.6 Å². The summed E-state index contributed by atoms with van der Waals surface area (Å²) in [4.78, 5) is 7.54. The molecule has 5 heterocycles. The van der Waals surface area contributed by atoms with Crippen LogP contribution in [0.25, 0.3) is 16.2 Å². The summed E-state index contributed by atoms with van der Waals surface area (Å²) in [6.07, 6.45) is -1.55. The van der Waals surface area contributed by atoms with Crippen molar-refractivity contribution in [2.24, 2.45) is 5.92 Å². The Morgan fingerprint density at radius 3 is 2.86 bits per heavy atom. The van der Waals surface area contributed by atoms with Gasteiger partial charge in [-0.3, -0.25) is 4.90 Å². The average Bonchev–Trinajstić information content (AvgIpc) is 3.46. The first-order valence-electron chi connectivity index (χ1n) is 9.82. The third kappa shape index (κ3) is 3.67. The van der Waals surface area contributed by atoms with Gasteiger partial charge in [0.25, 0.3) is 0 Å². The first kappa shape index (κ1) is 19.0. The van der Waals surface area contributed by atoms with Crippen molar-refractivity contribution in [3.05, 3.63) is 41.0 Å². The number of hydrogen-bond acceptors (Lipinski definition) is 5. The molecule has 0 unspecified atom stereocenters. The molecule has 5 nitrogen and oxygen atoms in total. The van der Waals surface area contributed by atoms with Gasteiger partial charge in [-0.2, -0.15) is 18.3 Å². The molecule has 29 heavy (non-hydrogen) atoms. The van der Waals surface area contributed by atoms with E-state index in [-0.39, 0.29) is 11.7 Å². The number of likely N-dealkylation sites (tertiary alicyclic amines) is 1. The summed E-state index contributed by atoms with van der Waals surface area (Å²) in [5.74, 6) is 0.488. The van der Waals surface area contributed by atoms with Gasteiger partial charge in [0.2, 0.25) is 0 Å². The van der Waals surface area contributed by atoms with E-state index >= 15 is 0 Å². The quantitative estimate of drug-likeness (QED) is 0.614. The fourth-order valence-corrected chi connectivity index (χ4v) is 5.03. The predicted molar refractivity (Wildman–Crippen MR) is 104 cm³/mol. The van der Waals surface area contributed by atoms with Gasteiger partial charge >= 0.3 is 6.18 Å². The molecule has 9 heteroatoms. The minimum absolute atomic E-state index is 0.0311. The maximum atomic E-state index is 13.8. The molecule has 2 atom stereocenters. The summed E-state index contributed by atoms with van der Waals surface area (Å²) in [5, 5.41) is 6.21. The van der Waals surface area contributed by atoms with Crippen LogP contribution in [0.15, 0.2) is 29.6 Å². The van der Waals surface area contributed by atoms with E-state index in [0.717, 1.165) is 56.1 Å². The van der Waals surface area contributed by atoms with Crippen LogP contribution in [0, 0.1) is 5.92 Å². The monoisotopic (exact) mass is 422 g/mol. The summed E-state index contributed by atoms with van der Waals surface area (Å²) in [6, 6.07) is 6.44. The van der Waals surface area contributed by atoms with Crippen LogP contribution in [0.4, 0.5) is 13.2 Å². The average molecular weight is 422 g/mol. The number of fused-ring (bicyclic) bond motifs is 1. The Kier molecular flexibility index (Phi) is 4.84. The fraction of sp³-hybridized carbons (Fsp3) is 0.500. The molecule has 0 N–H and O–H groups in total. The summed E-state index contributed by atoms with van der Waals surface area (Å²) in [6.45, 7) is 3.40. The molecule has 5 rings (SSSR count). The van der Waals surface area contributed by atoms with Gasteiger partial charge in [-0.1, -0.05) is 6.07 Å². The maximum absolute atomic E-state index is 13.8. The molecule has 0 aromatic carbocycles. The standard InChI is InChI=1S/C20H21F3N4OS/c21-20(22,23)18-9-15(17-4-2-8-29-17)24-19-10-14(25-27(18)19)16-3-1-6-26(16)11-13-5-7-28-12-13/h2,4,8-10,13,16H,1,3,5-7,11-12H2/t13-,16-/m1/s1. The second-order valence-electron chi connectivity index (χ2n) is 7.72. The van der Waals surface area contributed by atoms with Gasteiger partial charge in [0.15, 0.2) is 11.3 Å². The molecule has 0 spiro atoms. The molecule has 2 aliphatic rings. The lowest BCUT2D eigenvalue weighted by Gasteiger charge is -2.25. The first-order chi connectivity index (χ1) is 14.0. The Balaban J connectivity index is 1.53. The molecule has 0 amide bonds. The van der Waals surface area contributed by atoms with Crippen molar-refractivity contribution in [1.82, 2.24) is 19.5 Å². The normalized spacial score (nSPS) is 23.4. The molecule has 2 saturated heterocycles. The van der Waals surface area contributed by atoms with Crippen LogP contribution in [0.5, 0.6) is 0 Å². The van der Waals surface area contributed by atoms with Gasteiger partial charge in [0.05, 0.1) is 28.9 Å². The fourth-order valence-electron chi connectivity index (χ4n) is 4.35. The van der Waals surface area contributed by atoms with E-state index in [9.17, 15) is 13.2 Å². The number of thiophene rings is 1. The van der Waals surface area contributed by atoms with E-state index in [1.165, 1.54) is 11.3 Å². The zero-order valence-corrected chi connectivity index (χ0v) is 16.5. The summed E-state index contributed by atoms with van der Waals surface area (Å²) >= 11 is 1.37. The van der Waals surface area contributed by atoms with Crippen LogP contribution in [-0.2, 0) is 10.9 Å². The molecule has 2 aliphatic heterocycles. The highest BCUT2D eigenvalue weighted by molar-refractivity contribution is 7.13. The Morgan fingerprint density at radius 1 is 1.24 bits per heavy atom. The number of aromatic nitrogens is 3. The minimum Gasteiger partial charge on any atom is -0.381 e. The van der Waals surface area contributed by atoms with E-state index in [0.29, 0.717) is 22.2 Å². The lowest BCUT2D eigenvalue weighted by molar-refractivity contribution is -0.142. The highest BCUT2D eigenvalue weighted by Gasteiger charge is 2.37. The smallest absolute Gasteiger partial charge is 0.381 e. The van der Waals surface area contributed by atoms with Crippen LogP contribution in [0.2, 0.25) is 0 Å². The van der Waals surface area contributed by atoms with Crippen molar-refractivity contribution in [2.45, 2.75) is 31.5 Å².